The molecular weight excluding hydrogens is 292 g/mol. The highest BCUT2D eigenvalue weighted by molar-refractivity contribution is 8.01. The Kier molecular flexibility index (Phi) is 5.39. The van der Waals surface area contributed by atoms with Crippen molar-refractivity contribution in [1.82, 2.24) is 10.3 Å². The van der Waals surface area contributed by atoms with Gasteiger partial charge in [-0.1, -0.05) is 30.8 Å². The number of amides is 1. The number of carbonyl (C=O) groups is 1. The van der Waals surface area contributed by atoms with E-state index in [9.17, 15) is 4.79 Å². The fourth-order valence-corrected chi connectivity index (χ4v) is 3.52. The fraction of sp³-hybridized carbons (Fsp3) is 0.429. The molecule has 0 spiro atoms. The zero-order valence-corrected chi connectivity index (χ0v) is 13.1. The highest BCUT2D eigenvalue weighted by Gasteiger charge is 2.14. The lowest BCUT2D eigenvalue weighted by Gasteiger charge is -2.18. The molecule has 2 rings (SSSR count). The van der Waals surface area contributed by atoms with Gasteiger partial charge in [-0.3, -0.25) is 4.79 Å². The van der Waals surface area contributed by atoms with E-state index < -0.39 is 0 Å². The first-order valence-corrected chi connectivity index (χ1v) is 8.29. The number of hydrogen-bond donors (Lipinski definition) is 2. The number of para-hydroxylation sites is 1. The van der Waals surface area contributed by atoms with E-state index in [0.717, 1.165) is 14.6 Å². The van der Waals surface area contributed by atoms with Gasteiger partial charge in [0.05, 0.1) is 16.0 Å². The molecule has 2 N–H and O–H groups in total. The minimum Gasteiger partial charge on any atom is -0.396 e. The smallest absolute Gasteiger partial charge is 0.230 e. The highest BCUT2D eigenvalue weighted by atomic mass is 32.2. The molecule has 2 atom stereocenters. The molecule has 0 aliphatic rings. The van der Waals surface area contributed by atoms with E-state index in [1.54, 1.807) is 11.3 Å². The van der Waals surface area contributed by atoms with E-state index in [2.05, 4.69) is 10.3 Å². The lowest BCUT2D eigenvalue weighted by molar-refractivity contribution is -0.119. The van der Waals surface area contributed by atoms with Gasteiger partial charge in [-0.2, -0.15) is 0 Å². The van der Waals surface area contributed by atoms with E-state index in [1.165, 1.54) is 11.8 Å². The minimum absolute atomic E-state index is 0.0246. The normalized spacial score (nSPS) is 14.2. The number of aliphatic hydroxyl groups is 1. The maximum Gasteiger partial charge on any atom is 0.230 e. The molecule has 20 heavy (non-hydrogen) atoms. The Bertz CT molecular complexity index is 552. The summed E-state index contributed by atoms with van der Waals surface area (Å²) < 4.78 is 2.04. The van der Waals surface area contributed by atoms with Crippen molar-refractivity contribution in [1.29, 1.82) is 0 Å². The molecule has 0 aliphatic carbocycles. The predicted octanol–water partition coefficient (Wildman–Crippen LogP) is 2.52. The van der Waals surface area contributed by atoms with Crippen LogP contribution < -0.4 is 5.32 Å². The zero-order valence-electron chi connectivity index (χ0n) is 11.5. The molecule has 0 fully saturated rings. The molecule has 1 aromatic heterocycles. The van der Waals surface area contributed by atoms with E-state index in [1.807, 2.05) is 38.1 Å². The number of hydrogen-bond acceptors (Lipinski definition) is 5. The number of thiazole rings is 1. The van der Waals surface area contributed by atoms with Crippen LogP contribution in [0.4, 0.5) is 0 Å². The Morgan fingerprint density at radius 3 is 2.90 bits per heavy atom. The van der Waals surface area contributed by atoms with Crippen LogP contribution >= 0.6 is 23.1 Å². The summed E-state index contributed by atoms with van der Waals surface area (Å²) in [6.07, 6.45) is 0. The van der Waals surface area contributed by atoms with Crippen molar-refractivity contribution < 1.29 is 9.90 Å². The number of benzene rings is 1. The van der Waals surface area contributed by atoms with Crippen molar-refractivity contribution in [3.63, 3.8) is 0 Å². The third kappa shape index (κ3) is 3.94. The molecule has 4 nitrogen and oxygen atoms in total. The standard InChI is InChI=1S/C14H18N2O2S2/c1-9(7-17)10(2)15-13(18)8-19-14-16-11-5-3-4-6-12(11)20-14/h3-6,9-10,17H,7-8H2,1-2H3,(H,15,18). The molecule has 1 heterocycles. The van der Waals surface area contributed by atoms with Gasteiger partial charge in [-0.25, -0.2) is 4.98 Å². The van der Waals surface area contributed by atoms with Gasteiger partial charge in [0.25, 0.3) is 0 Å². The van der Waals surface area contributed by atoms with Crippen LogP contribution in [0.3, 0.4) is 0 Å². The average molecular weight is 310 g/mol. The summed E-state index contributed by atoms with van der Waals surface area (Å²) in [5.41, 5.74) is 0.975. The minimum atomic E-state index is -0.0259. The SMILES string of the molecule is CC(CO)C(C)NC(=O)CSc1nc2ccccc2s1. The Morgan fingerprint density at radius 1 is 1.45 bits per heavy atom. The van der Waals surface area contributed by atoms with Gasteiger partial charge in [0.15, 0.2) is 4.34 Å². The van der Waals surface area contributed by atoms with Crippen LogP contribution in [-0.2, 0) is 4.79 Å². The number of nitrogens with one attached hydrogen (secondary N) is 1. The predicted molar refractivity (Wildman–Crippen MR) is 84.2 cm³/mol. The number of carbonyl (C=O) groups excluding carboxylic acids is 1. The molecule has 0 aliphatic heterocycles. The molecule has 0 radical (unpaired) electrons. The first kappa shape index (κ1) is 15.3. The van der Waals surface area contributed by atoms with Crippen molar-refractivity contribution in [2.24, 2.45) is 5.92 Å². The van der Waals surface area contributed by atoms with Crippen LogP contribution in [0.2, 0.25) is 0 Å². The number of thioether (sulfide) groups is 1. The molecule has 2 aromatic rings. The van der Waals surface area contributed by atoms with E-state index in [-0.39, 0.29) is 24.5 Å². The quantitative estimate of drug-likeness (QED) is 0.805. The fourth-order valence-electron chi connectivity index (χ4n) is 1.64. The zero-order chi connectivity index (χ0) is 14.5. The molecule has 6 heteroatoms. The summed E-state index contributed by atoms with van der Waals surface area (Å²) in [6.45, 7) is 3.89. The molecule has 1 amide bonds. The van der Waals surface area contributed by atoms with E-state index in [4.69, 9.17) is 5.11 Å². The monoisotopic (exact) mass is 310 g/mol. The Hall–Kier alpha value is -1.11. The number of fused-ring (bicyclic) bond motifs is 1. The number of nitrogens with zero attached hydrogens (tertiary/aromatic N) is 1. The molecular formula is C14H18N2O2S2. The van der Waals surface area contributed by atoms with Crippen LogP contribution in [0.25, 0.3) is 10.2 Å². The molecule has 0 saturated heterocycles. The summed E-state index contributed by atoms with van der Waals surface area (Å²) in [4.78, 5) is 16.3. The number of aliphatic hydroxyl groups excluding tert-OH is 1. The average Bonchev–Trinajstić information content (AvgIpc) is 2.87. The molecule has 1 aromatic carbocycles. The van der Waals surface area contributed by atoms with Gasteiger partial charge < -0.3 is 10.4 Å². The van der Waals surface area contributed by atoms with Gasteiger partial charge in [-0.05, 0) is 25.0 Å². The van der Waals surface area contributed by atoms with Gasteiger partial charge in [0.1, 0.15) is 0 Å². The summed E-state index contributed by atoms with van der Waals surface area (Å²) >= 11 is 3.05. The third-order valence-corrected chi connectivity index (χ3v) is 5.31. The second kappa shape index (κ2) is 7.06. The van der Waals surface area contributed by atoms with Crippen LogP contribution in [0.1, 0.15) is 13.8 Å². The number of rotatable bonds is 6. The van der Waals surface area contributed by atoms with Crippen LogP contribution in [0.5, 0.6) is 0 Å². The van der Waals surface area contributed by atoms with Crippen LogP contribution in [0, 0.1) is 5.92 Å². The summed E-state index contributed by atoms with van der Waals surface area (Å²) in [5.74, 6) is 0.385. The Morgan fingerprint density at radius 2 is 2.20 bits per heavy atom. The van der Waals surface area contributed by atoms with Crippen LogP contribution in [0.15, 0.2) is 28.6 Å². The van der Waals surface area contributed by atoms with Crippen molar-refractivity contribution in [2.75, 3.05) is 12.4 Å². The topological polar surface area (TPSA) is 62.2 Å². The third-order valence-electron chi connectivity index (χ3n) is 3.13. The van der Waals surface area contributed by atoms with Crippen molar-refractivity contribution in [3.8, 4) is 0 Å². The molecule has 0 bridgehead atoms. The first-order valence-electron chi connectivity index (χ1n) is 6.48. The number of aromatic nitrogens is 1. The lowest BCUT2D eigenvalue weighted by Crippen LogP contribution is -2.39. The van der Waals surface area contributed by atoms with Gasteiger partial charge in [-0.15, -0.1) is 11.3 Å². The van der Waals surface area contributed by atoms with Crippen molar-refractivity contribution in [2.45, 2.75) is 24.2 Å². The van der Waals surface area contributed by atoms with Gasteiger partial charge >= 0.3 is 0 Å². The Labute approximate surface area is 126 Å². The second-order valence-corrected chi connectivity index (χ2v) is 7.01. The van der Waals surface area contributed by atoms with E-state index in [0.29, 0.717) is 5.75 Å². The lowest BCUT2D eigenvalue weighted by atomic mass is 10.1. The summed E-state index contributed by atoms with van der Waals surface area (Å²) in [5, 5.41) is 11.9. The maximum absolute atomic E-state index is 11.8. The van der Waals surface area contributed by atoms with Crippen molar-refractivity contribution >= 4 is 39.2 Å². The largest absolute Gasteiger partial charge is 0.396 e. The Balaban J connectivity index is 1.87. The maximum atomic E-state index is 11.8. The summed E-state index contributed by atoms with van der Waals surface area (Å²) in [6, 6.07) is 7.92. The molecule has 2 unspecified atom stereocenters. The van der Waals surface area contributed by atoms with Crippen LogP contribution in [-0.4, -0.2) is 34.4 Å². The molecule has 108 valence electrons. The highest BCUT2D eigenvalue weighted by Crippen LogP contribution is 2.29. The second-order valence-electron chi connectivity index (χ2n) is 4.75. The van der Waals surface area contributed by atoms with Gasteiger partial charge in [0.2, 0.25) is 5.91 Å². The first-order chi connectivity index (χ1) is 9.60. The molecule has 0 saturated carbocycles. The summed E-state index contributed by atoms with van der Waals surface area (Å²) in [7, 11) is 0. The van der Waals surface area contributed by atoms with Gasteiger partial charge in [0, 0.05) is 12.6 Å². The van der Waals surface area contributed by atoms with Crippen molar-refractivity contribution in [3.05, 3.63) is 24.3 Å². The van der Waals surface area contributed by atoms with E-state index >= 15 is 0 Å².